The van der Waals surface area contributed by atoms with Crippen molar-refractivity contribution in [1.82, 2.24) is 0 Å². The van der Waals surface area contributed by atoms with Gasteiger partial charge in [0.2, 0.25) is 0 Å². The van der Waals surface area contributed by atoms with Crippen molar-refractivity contribution < 1.29 is 0 Å². The molecule has 4 heteroatoms. The van der Waals surface area contributed by atoms with Gasteiger partial charge < -0.3 is 11.7 Å². The maximum absolute atomic E-state index is 5.71. The first-order valence-corrected chi connectivity index (χ1v) is 9.28. The summed E-state index contributed by atoms with van der Waals surface area (Å²) in [6.45, 7) is 4.94. The SMILES string of the molecule is C[C@]12CC/C(=N/N)C=C1CCC1C2CC[C@]2(C)C(=NN)CCC12. The number of hydrazone groups is 2. The molecule has 5 atom stereocenters. The summed E-state index contributed by atoms with van der Waals surface area (Å²) in [5.74, 6) is 13.7. The minimum Gasteiger partial charge on any atom is -0.323 e. The zero-order valence-corrected chi connectivity index (χ0v) is 14.5. The molecular formula is C19H30N4. The van der Waals surface area contributed by atoms with Crippen LogP contribution in [0.25, 0.3) is 0 Å². The molecule has 4 rings (SSSR count). The number of fused-ring (bicyclic) bond motifs is 5. The second kappa shape index (κ2) is 5.09. The maximum Gasteiger partial charge on any atom is 0.0600 e. The molecule has 126 valence electrons. The van der Waals surface area contributed by atoms with Crippen molar-refractivity contribution in [3.63, 3.8) is 0 Å². The maximum atomic E-state index is 5.71. The van der Waals surface area contributed by atoms with E-state index >= 15 is 0 Å². The van der Waals surface area contributed by atoms with Gasteiger partial charge in [-0.15, -0.1) is 0 Å². The van der Waals surface area contributed by atoms with Gasteiger partial charge in [0.1, 0.15) is 0 Å². The third kappa shape index (κ3) is 1.96. The van der Waals surface area contributed by atoms with Crippen LogP contribution in [-0.4, -0.2) is 11.4 Å². The average molecular weight is 314 g/mol. The molecule has 4 aliphatic rings. The third-order valence-corrected chi connectivity index (χ3v) is 8.04. The molecule has 3 fully saturated rings. The summed E-state index contributed by atoms with van der Waals surface area (Å²) in [5, 5.41) is 8.15. The summed E-state index contributed by atoms with van der Waals surface area (Å²) < 4.78 is 0. The van der Waals surface area contributed by atoms with Gasteiger partial charge >= 0.3 is 0 Å². The van der Waals surface area contributed by atoms with Gasteiger partial charge in [0, 0.05) is 11.1 Å². The number of nitrogens with zero attached hydrogens (tertiary/aromatic N) is 2. The summed E-state index contributed by atoms with van der Waals surface area (Å²) in [4.78, 5) is 0. The molecule has 0 bridgehead atoms. The fraction of sp³-hybridized carbons (Fsp3) is 0.789. The normalized spacial score (nSPS) is 49.5. The highest BCUT2D eigenvalue weighted by atomic mass is 15.1. The van der Waals surface area contributed by atoms with Crippen molar-refractivity contribution in [2.24, 2.45) is 50.5 Å². The molecule has 4 N–H and O–H groups in total. The third-order valence-electron chi connectivity index (χ3n) is 8.04. The first-order valence-electron chi connectivity index (χ1n) is 9.28. The van der Waals surface area contributed by atoms with Crippen molar-refractivity contribution in [2.75, 3.05) is 0 Å². The number of allylic oxidation sites excluding steroid dienone is 2. The fourth-order valence-electron chi connectivity index (χ4n) is 6.67. The second-order valence-corrected chi connectivity index (χ2v) is 8.69. The van der Waals surface area contributed by atoms with Crippen molar-refractivity contribution in [3.8, 4) is 0 Å². The van der Waals surface area contributed by atoms with Crippen molar-refractivity contribution in [2.45, 2.75) is 65.2 Å². The largest absolute Gasteiger partial charge is 0.323 e. The Morgan fingerprint density at radius 1 is 0.913 bits per heavy atom. The Hall–Kier alpha value is -1.32. The van der Waals surface area contributed by atoms with Crippen LogP contribution in [0.1, 0.15) is 65.2 Å². The number of hydrogen-bond acceptors (Lipinski definition) is 4. The van der Waals surface area contributed by atoms with Crippen LogP contribution in [0, 0.1) is 28.6 Å². The summed E-state index contributed by atoms with van der Waals surface area (Å²) in [6, 6.07) is 0. The van der Waals surface area contributed by atoms with Crippen LogP contribution in [-0.2, 0) is 0 Å². The van der Waals surface area contributed by atoms with E-state index in [0.717, 1.165) is 36.3 Å². The van der Waals surface area contributed by atoms with Crippen LogP contribution >= 0.6 is 0 Å². The van der Waals surface area contributed by atoms with E-state index in [1.807, 2.05) is 0 Å². The Kier molecular flexibility index (Phi) is 3.37. The topological polar surface area (TPSA) is 76.8 Å². The molecule has 0 amide bonds. The minimum atomic E-state index is 0.270. The van der Waals surface area contributed by atoms with Gasteiger partial charge in [0.05, 0.1) is 5.71 Å². The predicted octanol–water partition coefficient (Wildman–Crippen LogP) is 3.58. The second-order valence-electron chi connectivity index (χ2n) is 8.69. The number of hydrogen-bond donors (Lipinski definition) is 2. The summed E-state index contributed by atoms with van der Waals surface area (Å²) in [5.41, 5.74) is 4.62. The Labute approximate surface area is 139 Å². The van der Waals surface area contributed by atoms with Gasteiger partial charge in [0.15, 0.2) is 0 Å². The lowest BCUT2D eigenvalue weighted by Crippen LogP contribution is -2.50. The van der Waals surface area contributed by atoms with Gasteiger partial charge in [-0.05, 0) is 80.6 Å². The van der Waals surface area contributed by atoms with Crippen LogP contribution < -0.4 is 11.7 Å². The van der Waals surface area contributed by atoms with E-state index in [0.29, 0.717) is 5.41 Å². The lowest BCUT2D eigenvalue weighted by molar-refractivity contribution is -0.0154. The first kappa shape index (κ1) is 15.2. The van der Waals surface area contributed by atoms with E-state index in [9.17, 15) is 0 Å². The van der Waals surface area contributed by atoms with Gasteiger partial charge in [0.25, 0.3) is 0 Å². The van der Waals surface area contributed by atoms with Crippen LogP contribution in [0.15, 0.2) is 21.9 Å². The van der Waals surface area contributed by atoms with Gasteiger partial charge in [-0.1, -0.05) is 19.4 Å². The Bertz CT molecular complexity index is 604. The zero-order valence-electron chi connectivity index (χ0n) is 14.5. The van der Waals surface area contributed by atoms with Crippen LogP contribution in [0.3, 0.4) is 0 Å². The summed E-state index contributed by atoms with van der Waals surface area (Å²) >= 11 is 0. The van der Waals surface area contributed by atoms with Crippen LogP contribution in [0.5, 0.6) is 0 Å². The highest BCUT2D eigenvalue weighted by Crippen LogP contribution is 2.64. The van der Waals surface area contributed by atoms with E-state index in [1.54, 1.807) is 5.57 Å². The highest BCUT2D eigenvalue weighted by Gasteiger charge is 2.58. The Morgan fingerprint density at radius 2 is 1.70 bits per heavy atom. The molecule has 0 aromatic rings. The van der Waals surface area contributed by atoms with Gasteiger partial charge in [-0.25, -0.2) is 0 Å². The molecule has 0 heterocycles. The molecule has 0 spiro atoms. The first-order chi connectivity index (χ1) is 11.0. The van der Waals surface area contributed by atoms with Crippen LogP contribution in [0.2, 0.25) is 0 Å². The molecule has 23 heavy (non-hydrogen) atoms. The van der Waals surface area contributed by atoms with Crippen molar-refractivity contribution in [1.29, 1.82) is 0 Å². The predicted molar refractivity (Wildman–Crippen MR) is 94.9 cm³/mol. The molecule has 0 radical (unpaired) electrons. The minimum absolute atomic E-state index is 0.270. The Morgan fingerprint density at radius 3 is 2.43 bits per heavy atom. The quantitative estimate of drug-likeness (QED) is 0.529. The van der Waals surface area contributed by atoms with E-state index in [2.05, 4.69) is 30.1 Å². The van der Waals surface area contributed by atoms with Gasteiger partial charge in [-0.3, -0.25) is 0 Å². The molecule has 4 nitrogen and oxygen atoms in total. The lowest BCUT2D eigenvalue weighted by atomic mass is 9.47. The molecule has 3 unspecified atom stereocenters. The number of rotatable bonds is 0. The molecular weight excluding hydrogens is 284 g/mol. The molecule has 3 saturated carbocycles. The zero-order chi connectivity index (χ0) is 16.2. The molecule has 0 saturated heterocycles. The van der Waals surface area contributed by atoms with E-state index in [1.165, 1.54) is 44.2 Å². The Balaban J connectivity index is 1.68. The summed E-state index contributed by atoms with van der Waals surface area (Å²) in [7, 11) is 0. The highest BCUT2D eigenvalue weighted by molar-refractivity contribution is 5.96. The molecule has 0 aromatic carbocycles. The lowest BCUT2D eigenvalue weighted by Gasteiger charge is -2.57. The molecule has 0 aliphatic heterocycles. The fourth-order valence-corrected chi connectivity index (χ4v) is 6.67. The smallest absolute Gasteiger partial charge is 0.0600 e. The average Bonchev–Trinajstić information content (AvgIpc) is 2.90. The van der Waals surface area contributed by atoms with Crippen LogP contribution in [0.4, 0.5) is 0 Å². The number of nitrogens with two attached hydrogens (primary N) is 2. The summed E-state index contributed by atoms with van der Waals surface area (Å²) in [6.07, 6.45) is 12.1. The molecule has 0 aromatic heterocycles. The molecule has 4 aliphatic carbocycles. The van der Waals surface area contributed by atoms with Crippen molar-refractivity contribution in [3.05, 3.63) is 11.6 Å². The van der Waals surface area contributed by atoms with Crippen molar-refractivity contribution >= 4 is 11.4 Å². The van der Waals surface area contributed by atoms with E-state index < -0.39 is 0 Å². The van der Waals surface area contributed by atoms with E-state index in [4.69, 9.17) is 11.7 Å². The van der Waals surface area contributed by atoms with Gasteiger partial charge in [-0.2, -0.15) is 10.2 Å². The monoisotopic (exact) mass is 314 g/mol. The van der Waals surface area contributed by atoms with E-state index in [-0.39, 0.29) is 5.41 Å². The standard InChI is InChI=1S/C19H30N4/c1-18-9-7-13(22-20)11-12(18)3-4-14-15-5-6-17(23-21)19(15,2)10-8-16(14)18/h11,14-16H,3-10,20-21H2,1-2H3/b22-13-,23-17?/t14?,15?,16?,18-,19-/m0/s1.